The molecule has 1 atom stereocenters. The molecule has 0 bridgehead atoms. The number of halogens is 1. The van der Waals surface area contributed by atoms with E-state index in [4.69, 9.17) is 0 Å². The minimum atomic E-state index is 0. The van der Waals surface area contributed by atoms with Crippen molar-refractivity contribution in [3.63, 3.8) is 0 Å². The summed E-state index contributed by atoms with van der Waals surface area (Å²) in [6.45, 7) is 10.0. The summed E-state index contributed by atoms with van der Waals surface area (Å²) in [5.41, 5.74) is 0. The molecule has 0 spiro atoms. The summed E-state index contributed by atoms with van der Waals surface area (Å²) in [6.07, 6.45) is 2.67. The van der Waals surface area contributed by atoms with E-state index in [1.165, 1.54) is 19.4 Å². The Kier molecular flexibility index (Phi) is 8.14. The van der Waals surface area contributed by atoms with Crippen molar-refractivity contribution in [2.24, 2.45) is 16.8 Å². The van der Waals surface area contributed by atoms with Crippen molar-refractivity contribution in [3.05, 3.63) is 0 Å². The Hall–Kier alpha value is 0. The van der Waals surface area contributed by atoms with Crippen molar-refractivity contribution in [3.8, 4) is 0 Å². The highest BCUT2D eigenvalue weighted by atomic mass is 127. The number of nitrogens with one attached hydrogen (secondary N) is 1. The summed E-state index contributed by atoms with van der Waals surface area (Å²) >= 11 is 0. The van der Waals surface area contributed by atoms with Crippen molar-refractivity contribution >= 4 is 29.9 Å². The lowest BCUT2D eigenvalue weighted by Crippen LogP contribution is -2.39. The van der Waals surface area contributed by atoms with Crippen LogP contribution in [0.25, 0.3) is 0 Å². The molecule has 0 aromatic heterocycles. The maximum absolute atomic E-state index is 4.30. The van der Waals surface area contributed by atoms with Gasteiger partial charge in [0.15, 0.2) is 5.96 Å². The molecule has 0 aromatic rings. The lowest BCUT2D eigenvalue weighted by Gasteiger charge is -2.21. The molecule has 1 aliphatic rings. The molecule has 1 N–H and O–H groups in total. The average molecular weight is 339 g/mol. The van der Waals surface area contributed by atoms with E-state index in [-0.39, 0.29) is 24.0 Å². The second-order valence-corrected chi connectivity index (χ2v) is 4.81. The van der Waals surface area contributed by atoms with E-state index in [0.29, 0.717) is 0 Å². The fourth-order valence-electron chi connectivity index (χ4n) is 2.37. The number of hydrogen-bond acceptors (Lipinski definition) is 1. The molecule has 0 saturated carbocycles. The van der Waals surface area contributed by atoms with E-state index in [2.05, 4.69) is 36.0 Å². The second kappa shape index (κ2) is 8.14. The molecule has 0 aliphatic carbocycles. The average Bonchev–Trinajstić information content (AvgIpc) is 2.61. The van der Waals surface area contributed by atoms with Crippen molar-refractivity contribution in [2.45, 2.75) is 33.6 Å². The quantitative estimate of drug-likeness (QED) is 0.486. The Balaban J connectivity index is 0.00000225. The molecule has 0 amide bonds. The van der Waals surface area contributed by atoms with Gasteiger partial charge < -0.3 is 10.2 Å². The van der Waals surface area contributed by atoms with Crippen LogP contribution < -0.4 is 5.32 Å². The summed E-state index contributed by atoms with van der Waals surface area (Å²) in [7, 11) is 1.87. The first kappa shape index (κ1) is 16.0. The fraction of sp³-hybridized carbons (Fsp3) is 0.917. The van der Waals surface area contributed by atoms with Gasteiger partial charge in [0.05, 0.1) is 0 Å². The Bertz CT molecular complexity index is 216. The van der Waals surface area contributed by atoms with Gasteiger partial charge in [0.25, 0.3) is 0 Å². The van der Waals surface area contributed by atoms with Gasteiger partial charge >= 0.3 is 0 Å². The topological polar surface area (TPSA) is 27.6 Å². The SMILES string of the molecule is CCNC(=NC)N1CCC(CC(C)C)C1.I. The van der Waals surface area contributed by atoms with Gasteiger partial charge in [-0.25, -0.2) is 0 Å². The molecule has 1 fully saturated rings. The van der Waals surface area contributed by atoms with Crippen molar-refractivity contribution < 1.29 is 0 Å². The van der Waals surface area contributed by atoms with Crippen molar-refractivity contribution in [1.82, 2.24) is 10.2 Å². The van der Waals surface area contributed by atoms with Crippen LogP contribution in [0.5, 0.6) is 0 Å². The Morgan fingerprint density at radius 3 is 2.69 bits per heavy atom. The van der Waals surface area contributed by atoms with Crippen LogP contribution in [0.3, 0.4) is 0 Å². The first-order valence-corrected chi connectivity index (χ1v) is 6.13. The minimum Gasteiger partial charge on any atom is -0.357 e. The number of likely N-dealkylation sites (tertiary alicyclic amines) is 1. The first-order chi connectivity index (χ1) is 7.17. The number of hydrogen-bond donors (Lipinski definition) is 1. The molecular formula is C12H26IN3. The summed E-state index contributed by atoms with van der Waals surface area (Å²) in [5.74, 6) is 2.75. The number of guanidine groups is 1. The number of rotatable bonds is 3. The van der Waals surface area contributed by atoms with Gasteiger partial charge in [0.1, 0.15) is 0 Å². The summed E-state index contributed by atoms with van der Waals surface area (Å²) in [5, 5.41) is 3.32. The van der Waals surface area contributed by atoms with E-state index in [1.807, 2.05) is 7.05 Å². The zero-order chi connectivity index (χ0) is 11.3. The predicted molar refractivity (Wildman–Crippen MR) is 81.6 cm³/mol. The van der Waals surface area contributed by atoms with Gasteiger partial charge in [-0.3, -0.25) is 4.99 Å². The Morgan fingerprint density at radius 1 is 1.50 bits per heavy atom. The van der Waals surface area contributed by atoms with Crippen LogP contribution >= 0.6 is 24.0 Å². The summed E-state index contributed by atoms with van der Waals surface area (Å²) < 4.78 is 0. The third-order valence-corrected chi connectivity index (χ3v) is 2.94. The maximum atomic E-state index is 4.30. The second-order valence-electron chi connectivity index (χ2n) is 4.81. The standard InChI is InChI=1S/C12H25N3.HI/c1-5-14-12(13-4)15-7-6-11(9-15)8-10(2)3;/h10-11H,5-9H2,1-4H3,(H,13,14);1H. The molecule has 1 saturated heterocycles. The van der Waals surface area contributed by atoms with E-state index >= 15 is 0 Å². The summed E-state index contributed by atoms with van der Waals surface area (Å²) in [6, 6.07) is 0. The Labute approximate surface area is 117 Å². The maximum Gasteiger partial charge on any atom is 0.193 e. The van der Waals surface area contributed by atoms with Gasteiger partial charge in [-0.15, -0.1) is 24.0 Å². The van der Waals surface area contributed by atoms with E-state index < -0.39 is 0 Å². The van der Waals surface area contributed by atoms with E-state index in [0.717, 1.165) is 30.9 Å². The van der Waals surface area contributed by atoms with Crippen LogP contribution in [0.15, 0.2) is 4.99 Å². The zero-order valence-corrected chi connectivity index (χ0v) is 13.3. The highest BCUT2D eigenvalue weighted by Gasteiger charge is 2.24. The molecule has 1 aliphatic heterocycles. The molecule has 4 heteroatoms. The normalized spacial score (nSPS) is 21.2. The van der Waals surface area contributed by atoms with E-state index in [9.17, 15) is 0 Å². The fourth-order valence-corrected chi connectivity index (χ4v) is 2.37. The van der Waals surface area contributed by atoms with Gasteiger partial charge in [0.2, 0.25) is 0 Å². The van der Waals surface area contributed by atoms with Crippen LogP contribution in [-0.4, -0.2) is 37.5 Å². The highest BCUT2D eigenvalue weighted by molar-refractivity contribution is 14.0. The van der Waals surface area contributed by atoms with Crippen LogP contribution in [-0.2, 0) is 0 Å². The number of aliphatic imine (C=N–C) groups is 1. The van der Waals surface area contributed by atoms with Gasteiger partial charge in [-0.1, -0.05) is 13.8 Å². The van der Waals surface area contributed by atoms with Crippen molar-refractivity contribution in [2.75, 3.05) is 26.7 Å². The summed E-state index contributed by atoms with van der Waals surface area (Å²) in [4.78, 5) is 6.69. The van der Waals surface area contributed by atoms with Gasteiger partial charge in [0, 0.05) is 26.7 Å². The third-order valence-electron chi connectivity index (χ3n) is 2.94. The number of nitrogens with zero attached hydrogens (tertiary/aromatic N) is 2. The molecule has 1 unspecified atom stereocenters. The smallest absolute Gasteiger partial charge is 0.193 e. The molecule has 96 valence electrons. The minimum absolute atomic E-state index is 0. The lowest BCUT2D eigenvalue weighted by molar-refractivity contribution is 0.404. The third kappa shape index (κ3) is 4.89. The van der Waals surface area contributed by atoms with Crippen LogP contribution in [0.1, 0.15) is 33.6 Å². The zero-order valence-electron chi connectivity index (χ0n) is 11.0. The molecular weight excluding hydrogens is 313 g/mol. The monoisotopic (exact) mass is 339 g/mol. The van der Waals surface area contributed by atoms with Crippen LogP contribution in [0.4, 0.5) is 0 Å². The van der Waals surface area contributed by atoms with Gasteiger partial charge in [-0.2, -0.15) is 0 Å². The van der Waals surface area contributed by atoms with E-state index in [1.54, 1.807) is 0 Å². The lowest BCUT2D eigenvalue weighted by atomic mass is 9.97. The molecule has 1 rings (SSSR count). The molecule has 0 aromatic carbocycles. The largest absolute Gasteiger partial charge is 0.357 e. The van der Waals surface area contributed by atoms with Crippen LogP contribution in [0, 0.1) is 11.8 Å². The Morgan fingerprint density at radius 2 is 2.19 bits per heavy atom. The predicted octanol–water partition coefficient (Wildman–Crippen LogP) is 2.57. The van der Waals surface area contributed by atoms with Crippen LogP contribution in [0.2, 0.25) is 0 Å². The molecule has 16 heavy (non-hydrogen) atoms. The highest BCUT2D eigenvalue weighted by Crippen LogP contribution is 2.22. The molecule has 0 radical (unpaired) electrons. The van der Waals surface area contributed by atoms with Crippen molar-refractivity contribution in [1.29, 1.82) is 0 Å². The molecule has 1 heterocycles. The molecule has 3 nitrogen and oxygen atoms in total. The first-order valence-electron chi connectivity index (χ1n) is 6.13. The van der Waals surface area contributed by atoms with Gasteiger partial charge in [-0.05, 0) is 31.6 Å².